The van der Waals surface area contributed by atoms with Crippen LogP contribution < -0.4 is 0 Å². The van der Waals surface area contributed by atoms with Crippen molar-refractivity contribution in [2.75, 3.05) is 0 Å². The molecule has 0 aliphatic heterocycles. The van der Waals surface area contributed by atoms with Gasteiger partial charge in [0.05, 0.1) is 12.0 Å². The highest BCUT2D eigenvalue weighted by atomic mass is 16.6. The molecule has 0 saturated carbocycles. The van der Waals surface area contributed by atoms with E-state index in [9.17, 15) is 9.90 Å². The van der Waals surface area contributed by atoms with Gasteiger partial charge in [-0.05, 0) is 34.6 Å². The lowest BCUT2D eigenvalue weighted by atomic mass is 10.1. The van der Waals surface area contributed by atoms with Crippen LogP contribution in [0.3, 0.4) is 0 Å². The Morgan fingerprint density at radius 2 is 1.67 bits per heavy atom. The minimum Gasteiger partial charge on any atom is -0.460 e. The van der Waals surface area contributed by atoms with Gasteiger partial charge in [-0.3, -0.25) is 4.79 Å². The largest absolute Gasteiger partial charge is 0.460 e. The Morgan fingerprint density at radius 3 is 1.92 bits per heavy atom. The predicted molar refractivity (Wildman–Crippen MR) is 46.8 cm³/mol. The van der Waals surface area contributed by atoms with Crippen molar-refractivity contribution < 1.29 is 14.6 Å². The summed E-state index contributed by atoms with van der Waals surface area (Å²) in [6, 6.07) is 0. The van der Waals surface area contributed by atoms with Crippen LogP contribution in [0.4, 0.5) is 0 Å². The van der Waals surface area contributed by atoms with E-state index >= 15 is 0 Å². The molecule has 0 heterocycles. The predicted octanol–water partition coefficient (Wildman–Crippen LogP) is 1.49. The molecule has 0 aromatic rings. The van der Waals surface area contributed by atoms with Crippen LogP contribution in [0.15, 0.2) is 0 Å². The second-order valence-electron chi connectivity index (χ2n) is 4.58. The van der Waals surface area contributed by atoms with Gasteiger partial charge in [0.2, 0.25) is 0 Å². The smallest absolute Gasteiger partial charge is 0.309 e. The molecule has 0 atom stereocenters. The zero-order valence-corrected chi connectivity index (χ0v) is 8.47. The topological polar surface area (TPSA) is 46.5 Å². The lowest BCUT2D eigenvalue weighted by Crippen LogP contribution is -2.30. The van der Waals surface area contributed by atoms with Gasteiger partial charge in [0.25, 0.3) is 0 Å². The molecule has 0 saturated heterocycles. The third-order valence-electron chi connectivity index (χ3n) is 0.997. The summed E-state index contributed by atoms with van der Waals surface area (Å²) in [7, 11) is 0. The van der Waals surface area contributed by atoms with Gasteiger partial charge < -0.3 is 9.84 Å². The van der Waals surface area contributed by atoms with Crippen LogP contribution in [0.1, 0.15) is 41.0 Å². The average Bonchev–Trinajstić information content (AvgIpc) is 1.49. The van der Waals surface area contributed by atoms with E-state index < -0.39 is 11.2 Å². The lowest BCUT2D eigenvalue weighted by Gasteiger charge is -2.22. The van der Waals surface area contributed by atoms with Crippen molar-refractivity contribution in [3.8, 4) is 0 Å². The summed E-state index contributed by atoms with van der Waals surface area (Å²) in [6.07, 6.45) is 0.0320. The zero-order valence-electron chi connectivity index (χ0n) is 8.47. The molecule has 0 unspecified atom stereocenters. The quantitative estimate of drug-likeness (QED) is 0.645. The molecule has 0 radical (unpaired) electrons. The fourth-order valence-electron chi connectivity index (χ4n) is 0.731. The third kappa shape index (κ3) is 7.54. The SMILES string of the molecule is CC(C)(O)CC(=O)OC(C)(C)C. The van der Waals surface area contributed by atoms with E-state index in [0.29, 0.717) is 0 Å². The molecule has 12 heavy (non-hydrogen) atoms. The Labute approximate surface area is 73.7 Å². The number of hydrogen-bond acceptors (Lipinski definition) is 3. The third-order valence-corrected chi connectivity index (χ3v) is 0.997. The van der Waals surface area contributed by atoms with E-state index in [0.717, 1.165) is 0 Å². The summed E-state index contributed by atoms with van der Waals surface area (Å²) in [5.41, 5.74) is -1.45. The van der Waals surface area contributed by atoms with Gasteiger partial charge in [-0.15, -0.1) is 0 Å². The van der Waals surface area contributed by atoms with Crippen LogP contribution in [0.5, 0.6) is 0 Å². The molecule has 0 aromatic heterocycles. The second-order valence-corrected chi connectivity index (χ2v) is 4.58. The molecule has 0 amide bonds. The van der Waals surface area contributed by atoms with Crippen molar-refractivity contribution >= 4 is 5.97 Å². The van der Waals surface area contributed by atoms with E-state index in [-0.39, 0.29) is 12.4 Å². The Balaban J connectivity index is 3.92. The molecule has 3 nitrogen and oxygen atoms in total. The van der Waals surface area contributed by atoms with Crippen LogP contribution in [0, 0.1) is 0 Å². The van der Waals surface area contributed by atoms with Crippen LogP contribution in [-0.4, -0.2) is 22.3 Å². The maximum Gasteiger partial charge on any atom is 0.309 e. The van der Waals surface area contributed by atoms with Crippen molar-refractivity contribution in [1.82, 2.24) is 0 Å². The van der Waals surface area contributed by atoms with Crippen LogP contribution >= 0.6 is 0 Å². The first kappa shape index (κ1) is 11.4. The number of rotatable bonds is 2. The van der Waals surface area contributed by atoms with E-state index in [4.69, 9.17) is 4.74 Å². The van der Waals surface area contributed by atoms with Crippen LogP contribution in [0.2, 0.25) is 0 Å². The Bertz CT molecular complexity index is 142. The minimum atomic E-state index is -0.984. The standard InChI is InChI=1S/C9H18O3/c1-8(2,3)12-7(10)6-9(4,5)11/h11H,6H2,1-5H3. The highest BCUT2D eigenvalue weighted by molar-refractivity contribution is 5.70. The molecule has 0 aliphatic carbocycles. The number of hydrogen-bond donors (Lipinski definition) is 1. The van der Waals surface area contributed by atoms with Gasteiger partial charge in [-0.25, -0.2) is 0 Å². The highest BCUT2D eigenvalue weighted by Gasteiger charge is 2.23. The monoisotopic (exact) mass is 174 g/mol. The fourth-order valence-corrected chi connectivity index (χ4v) is 0.731. The van der Waals surface area contributed by atoms with Gasteiger partial charge in [0, 0.05) is 0 Å². The number of carbonyl (C=O) groups excluding carboxylic acids is 1. The first-order valence-corrected chi connectivity index (χ1v) is 4.04. The Hall–Kier alpha value is -0.570. The van der Waals surface area contributed by atoms with Crippen molar-refractivity contribution in [3.05, 3.63) is 0 Å². The maximum absolute atomic E-state index is 11.1. The van der Waals surface area contributed by atoms with E-state index in [1.165, 1.54) is 0 Å². The van der Waals surface area contributed by atoms with Crippen LogP contribution in [0.25, 0.3) is 0 Å². The number of carbonyl (C=O) groups is 1. The van der Waals surface area contributed by atoms with E-state index in [1.54, 1.807) is 34.6 Å². The van der Waals surface area contributed by atoms with Gasteiger partial charge in [0.15, 0.2) is 0 Å². The summed E-state index contributed by atoms with van der Waals surface area (Å²) < 4.78 is 5.01. The Morgan fingerprint density at radius 1 is 1.25 bits per heavy atom. The number of esters is 1. The molecular formula is C9H18O3. The van der Waals surface area contributed by atoms with E-state index in [2.05, 4.69) is 0 Å². The minimum absolute atomic E-state index is 0.0320. The molecule has 0 aromatic carbocycles. The lowest BCUT2D eigenvalue weighted by molar-refractivity contribution is -0.159. The first-order chi connectivity index (χ1) is 5.10. The fraction of sp³-hybridized carbons (Fsp3) is 0.889. The van der Waals surface area contributed by atoms with Crippen molar-refractivity contribution in [2.24, 2.45) is 0 Å². The van der Waals surface area contributed by atoms with Gasteiger partial charge >= 0.3 is 5.97 Å². The number of ether oxygens (including phenoxy) is 1. The van der Waals surface area contributed by atoms with Crippen molar-refractivity contribution in [2.45, 2.75) is 52.2 Å². The molecular weight excluding hydrogens is 156 g/mol. The zero-order chi connectivity index (χ0) is 9.99. The van der Waals surface area contributed by atoms with E-state index in [1.807, 2.05) is 0 Å². The molecule has 0 rings (SSSR count). The molecule has 1 N–H and O–H groups in total. The molecule has 0 aliphatic rings. The molecule has 0 spiro atoms. The van der Waals surface area contributed by atoms with Gasteiger partial charge in [-0.2, -0.15) is 0 Å². The van der Waals surface area contributed by atoms with Crippen molar-refractivity contribution in [3.63, 3.8) is 0 Å². The highest BCUT2D eigenvalue weighted by Crippen LogP contribution is 2.13. The summed E-state index contributed by atoms with van der Waals surface area (Å²) in [5, 5.41) is 9.28. The first-order valence-electron chi connectivity index (χ1n) is 4.04. The number of aliphatic hydroxyl groups is 1. The summed E-state index contributed by atoms with van der Waals surface area (Å²) in [6.45, 7) is 8.56. The van der Waals surface area contributed by atoms with Crippen molar-refractivity contribution in [1.29, 1.82) is 0 Å². The van der Waals surface area contributed by atoms with Gasteiger partial charge in [0.1, 0.15) is 5.60 Å². The normalized spacial score (nSPS) is 12.8. The Kier molecular flexibility index (Phi) is 3.27. The molecule has 0 fully saturated rings. The van der Waals surface area contributed by atoms with Crippen LogP contribution in [-0.2, 0) is 9.53 Å². The molecule has 3 heteroatoms. The summed E-state index contributed by atoms with van der Waals surface area (Å²) in [4.78, 5) is 11.1. The summed E-state index contributed by atoms with van der Waals surface area (Å²) >= 11 is 0. The van der Waals surface area contributed by atoms with Gasteiger partial charge in [-0.1, -0.05) is 0 Å². The maximum atomic E-state index is 11.1. The second kappa shape index (κ2) is 3.44. The molecule has 72 valence electrons. The average molecular weight is 174 g/mol. The summed E-state index contributed by atoms with van der Waals surface area (Å²) in [5.74, 6) is -0.366. The molecule has 0 bridgehead atoms.